The van der Waals surface area contributed by atoms with Crippen molar-refractivity contribution >= 4 is 15.9 Å². The monoisotopic (exact) mass is 324 g/mol. The summed E-state index contributed by atoms with van der Waals surface area (Å²) in [6, 6.07) is 5.16. The first-order valence-electron chi connectivity index (χ1n) is 6.51. The van der Waals surface area contributed by atoms with Crippen LogP contribution in [-0.4, -0.2) is 67.6 Å². The zero-order chi connectivity index (χ0) is 16.3. The van der Waals surface area contributed by atoms with Gasteiger partial charge in [0, 0.05) is 19.3 Å². The fourth-order valence-electron chi connectivity index (χ4n) is 1.81. The lowest BCUT2D eigenvalue weighted by atomic mass is 10.1. The topological polar surface area (TPSA) is 104 Å². The third-order valence-corrected chi connectivity index (χ3v) is 4.54. The standard InChI is InChI=1S/C13H16N4O4S/c1-16(22(2,19)20)9-13(18)17-7-11(8-17)21-12-4-3-10(5-14)6-15-12/h3-4,6,11H,7-9H2,1-2H3. The van der Waals surface area contributed by atoms with E-state index in [0.29, 0.717) is 24.5 Å². The average molecular weight is 324 g/mol. The predicted octanol–water partition coefficient (Wildman–Crippen LogP) is -0.566. The zero-order valence-electron chi connectivity index (χ0n) is 12.3. The Labute approximate surface area is 129 Å². The minimum absolute atomic E-state index is 0.173. The van der Waals surface area contributed by atoms with Crippen molar-refractivity contribution < 1.29 is 17.9 Å². The summed E-state index contributed by atoms with van der Waals surface area (Å²) in [7, 11) is -2.00. The summed E-state index contributed by atoms with van der Waals surface area (Å²) in [4.78, 5) is 17.4. The Morgan fingerprint density at radius 2 is 2.23 bits per heavy atom. The first kappa shape index (κ1) is 16.2. The molecule has 2 heterocycles. The number of amides is 1. The second-order valence-electron chi connectivity index (χ2n) is 5.05. The maximum Gasteiger partial charge on any atom is 0.238 e. The fourth-order valence-corrected chi connectivity index (χ4v) is 2.16. The maximum atomic E-state index is 11.9. The molecule has 0 aromatic carbocycles. The first-order chi connectivity index (χ1) is 10.3. The number of likely N-dealkylation sites (N-methyl/N-ethyl adjacent to an activating group) is 1. The van der Waals surface area contributed by atoms with Crippen LogP contribution in [-0.2, 0) is 14.8 Å². The van der Waals surface area contributed by atoms with E-state index in [1.807, 2.05) is 6.07 Å². The van der Waals surface area contributed by atoms with Gasteiger partial charge in [-0.2, -0.15) is 9.57 Å². The van der Waals surface area contributed by atoms with Gasteiger partial charge in [0.25, 0.3) is 0 Å². The van der Waals surface area contributed by atoms with Crippen LogP contribution in [0.5, 0.6) is 5.88 Å². The summed E-state index contributed by atoms with van der Waals surface area (Å²) in [6.07, 6.45) is 2.30. The summed E-state index contributed by atoms with van der Waals surface area (Å²) in [5, 5.41) is 8.67. The lowest BCUT2D eigenvalue weighted by Crippen LogP contribution is -2.58. The Balaban J connectivity index is 1.79. The van der Waals surface area contributed by atoms with E-state index in [1.165, 1.54) is 18.1 Å². The lowest BCUT2D eigenvalue weighted by Gasteiger charge is -2.39. The van der Waals surface area contributed by atoms with Crippen LogP contribution in [0.15, 0.2) is 18.3 Å². The number of likely N-dealkylation sites (tertiary alicyclic amines) is 1. The van der Waals surface area contributed by atoms with Crippen molar-refractivity contribution in [2.45, 2.75) is 6.10 Å². The Morgan fingerprint density at radius 1 is 1.55 bits per heavy atom. The number of aromatic nitrogens is 1. The van der Waals surface area contributed by atoms with Gasteiger partial charge in [-0.1, -0.05) is 0 Å². The van der Waals surface area contributed by atoms with Crippen molar-refractivity contribution in [3.8, 4) is 11.9 Å². The van der Waals surface area contributed by atoms with E-state index in [9.17, 15) is 13.2 Å². The van der Waals surface area contributed by atoms with Crippen LogP contribution in [0, 0.1) is 11.3 Å². The van der Waals surface area contributed by atoms with Gasteiger partial charge in [0.05, 0.1) is 31.5 Å². The highest BCUT2D eigenvalue weighted by molar-refractivity contribution is 7.88. The molecule has 0 spiro atoms. The summed E-state index contributed by atoms with van der Waals surface area (Å²) in [5.74, 6) is 0.130. The molecule has 0 unspecified atom stereocenters. The number of sulfonamides is 1. The Kier molecular flexibility index (Phi) is 4.63. The summed E-state index contributed by atoms with van der Waals surface area (Å²) in [6.45, 7) is 0.594. The lowest BCUT2D eigenvalue weighted by molar-refractivity contribution is -0.140. The molecule has 2 rings (SSSR count). The molecule has 0 atom stereocenters. The van der Waals surface area contributed by atoms with Crippen LogP contribution in [0.25, 0.3) is 0 Å². The van der Waals surface area contributed by atoms with Crippen molar-refractivity contribution in [2.75, 3.05) is 32.9 Å². The third kappa shape index (κ3) is 3.93. The number of pyridine rings is 1. The van der Waals surface area contributed by atoms with Gasteiger partial charge in [-0.15, -0.1) is 0 Å². The smallest absolute Gasteiger partial charge is 0.238 e. The van der Waals surface area contributed by atoms with Gasteiger partial charge in [-0.3, -0.25) is 4.79 Å². The summed E-state index contributed by atoms with van der Waals surface area (Å²) in [5.41, 5.74) is 0.446. The molecule has 1 fully saturated rings. The molecule has 8 nitrogen and oxygen atoms in total. The molecule has 0 radical (unpaired) electrons. The van der Waals surface area contributed by atoms with Crippen LogP contribution in [0.4, 0.5) is 0 Å². The van der Waals surface area contributed by atoms with Crippen LogP contribution in [0.1, 0.15) is 5.56 Å². The molecule has 1 aliphatic heterocycles. The number of nitrogens with zero attached hydrogens (tertiary/aromatic N) is 4. The Bertz CT molecular complexity index is 690. The first-order valence-corrected chi connectivity index (χ1v) is 8.36. The molecule has 1 aromatic heterocycles. The van der Waals surface area contributed by atoms with Gasteiger partial charge < -0.3 is 9.64 Å². The minimum atomic E-state index is -3.37. The zero-order valence-corrected chi connectivity index (χ0v) is 13.1. The molecule has 1 aliphatic rings. The quantitative estimate of drug-likeness (QED) is 0.719. The van der Waals surface area contributed by atoms with Crippen LogP contribution < -0.4 is 4.74 Å². The van der Waals surface area contributed by atoms with Gasteiger partial charge in [-0.05, 0) is 6.07 Å². The number of rotatable bonds is 5. The number of carbonyl (C=O) groups excluding carboxylic acids is 1. The second-order valence-corrected chi connectivity index (χ2v) is 7.14. The van der Waals surface area contributed by atoms with Crippen molar-refractivity contribution in [1.82, 2.24) is 14.2 Å². The van der Waals surface area contributed by atoms with Crippen LogP contribution >= 0.6 is 0 Å². The van der Waals surface area contributed by atoms with Gasteiger partial charge >= 0.3 is 0 Å². The summed E-state index contributed by atoms with van der Waals surface area (Å²) < 4.78 is 29.1. The highest BCUT2D eigenvalue weighted by Gasteiger charge is 2.33. The van der Waals surface area contributed by atoms with E-state index < -0.39 is 10.0 Å². The highest BCUT2D eigenvalue weighted by atomic mass is 32.2. The molecule has 1 saturated heterocycles. The number of nitriles is 1. The van der Waals surface area contributed by atoms with E-state index >= 15 is 0 Å². The molecule has 0 saturated carbocycles. The molecule has 22 heavy (non-hydrogen) atoms. The normalized spacial score (nSPS) is 15.3. The largest absolute Gasteiger partial charge is 0.471 e. The highest BCUT2D eigenvalue weighted by Crippen LogP contribution is 2.16. The van der Waals surface area contributed by atoms with Gasteiger partial charge in [0.1, 0.15) is 12.2 Å². The van der Waals surface area contributed by atoms with Crippen LogP contribution in [0.2, 0.25) is 0 Å². The average Bonchev–Trinajstić information content (AvgIpc) is 2.41. The van der Waals surface area contributed by atoms with E-state index in [2.05, 4.69) is 4.98 Å². The van der Waals surface area contributed by atoms with E-state index in [-0.39, 0.29) is 18.6 Å². The van der Waals surface area contributed by atoms with Crippen molar-refractivity contribution in [3.63, 3.8) is 0 Å². The number of ether oxygens (including phenoxy) is 1. The van der Waals surface area contributed by atoms with Gasteiger partial charge in [0.2, 0.25) is 21.8 Å². The molecule has 1 amide bonds. The molecule has 9 heteroatoms. The fraction of sp³-hybridized carbons (Fsp3) is 0.462. The van der Waals surface area contributed by atoms with E-state index in [4.69, 9.17) is 10.00 Å². The molecule has 0 bridgehead atoms. The number of hydrogen-bond acceptors (Lipinski definition) is 6. The second kappa shape index (κ2) is 6.29. The Hall–Kier alpha value is -2.18. The predicted molar refractivity (Wildman–Crippen MR) is 77.4 cm³/mol. The molecule has 0 N–H and O–H groups in total. The molecule has 1 aromatic rings. The van der Waals surface area contributed by atoms with Crippen molar-refractivity contribution in [1.29, 1.82) is 5.26 Å². The van der Waals surface area contributed by atoms with Gasteiger partial charge in [0.15, 0.2) is 0 Å². The summed E-state index contributed by atoms with van der Waals surface area (Å²) >= 11 is 0. The van der Waals surface area contributed by atoms with E-state index in [1.54, 1.807) is 12.1 Å². The molecular weight excluding hydrogens is 308 g/mol. The Morgan fingerprint density at radius 3 is 2.73 bits per heavy atom. The molecule has 0 aliphatic carbocycles. The van der Waals surface area contributed by atoms with Crippen molar-refractivity contribution in [2.24, 2.45) is 0 Å². The van der Waals surface area contributed by atoms with Crippen LogP contribution in [0.3, 0.4) is 0 Å². The minimum Gasteiger partial charge on any atom is -0.471 e. The van der Waals surface area contributed by atoms with E-state index in [0.717, 1.165) is 10.6 Å². The number of hydrogen-bond donors (Lipinski definition) is 0. The molecular formula is C13H16N4O4S. The van der Waals surface area contributed by atoms with Crippen molar-refractivity contribution in [3.05, 3.63) is 23.9 Å². The van der Waals surface area contributed by atoms with Gasteiger partial charge in [-0.25, -0.2) is 13.4 Å². The number of carbonyl (C=O) groups is 1. The molecule has 118 valence electrons. The third-order valence-electron chi connectivity index (χ3n) is 3.28. The maximum absolute atomic E-state index is 11.9. The SMILES string of the molecule is CN(CC(=O)N1CC(Oc2ccc(C#N)cn2)C1)S(C)(=O)=O.